The molecule has 0 aromatic carbocycles. The van der Waals surface area contributed by atoms with E-state index in [9.17, 15) is 14.7 Å². The van der Waals surface area contributed by atoms with Gasteiger partial charge in [-0.15, -0.1) is 0 Å². The SMILES string of the molecule is O=C([O-])CCC(=O)N[C@@H]1CCCc2occc21. The normalized spacial score (nSPS) is 18.5. The first-order valence-electron chi connectivity index (χ1n) is 5.72. The van der Waals surface area contributed by atoms with Crippen molar-refractivity contribution in [1.29, 1.82) is 0 Å². The topological polar surface area (TPSA) is 82.4 Å². The maximum Gasteiger partial charge on any atom is 0.220 e. The summed E-state index contributed by atoms with van der Waals surface area (Å²) in [5.41, 5.74) is 1.01. The van der Waals surface area contributed by atoms with Gasteiger partial charge in [-0.05, 0) is 25.3 Å². The Morgan fingerprint density at radius 3 is 3.06 bits per heavy atom. The molecule has 0 fully saturated rings. The summed E-state index contributed by atoms with van der Waals surface area (Å²) in [6.45, 7) is 0. The maximum absolute atomic E-state index is 11.5. The zero-order valence-corrected chi connectivity index (χ0v) is 9.40. The van der Waals surface area contributed by atoms with Crippen LogP contribution in [0, 0.1) is 0 Å². The van der Waals surface area contributed by atoms with E-state index in [0.717, 1.165) is 30.6 Å². The number of fused-ring (bicyclic) bond motifs is 1. The molecular weight excluding hydrogens is 222 g/mol. The van der Waals surface area contributed by atoms with Gasteiger partial charge in [0.1, 0.15) is 5.76 Å². The number of amides is 1. The lowest BCUT2D eigenvalue weighted by Crippen LogP contribution is -2.32. The summed E-state index contributed by atoms with van der Waals surface area (Å²) in [5.74, 6) is -0.539. The van der Waals surface area contributed by atoms with Crippen molar-refractivity contribution in [3.05, 3.63) is 23.7 Å². The highest BCUT2D eigenvalue weighted by atomic mass is 16.4. The first-order valence-corrected chi connectivity index (χ1v) is 5.72. The molecule has 92 valence electrons. The molecule has 5 nitrogen and oxygen atoms in total. The molecule has 1 N–H and O–H groups in total. The van der Waals surface area contributed by atoms with E-state index in [1.54, 1.807) is 6.26 Å². The molecule has 1 heterocycles. The van der Waals surface area contributed by atoms with E-state index in [2.05, 4.69) is 5.32 Å². The van der Waals surface area contributed by atoms with Crippen LogP contribution in [0.3, 0.4) is 0 Å². The molecule has 0 saturated carbocycles. The molecule has 1 atom stereocenters. The van der Waals surface area contributed by atoms with Crippen LogP contribution in [0.5, 0.6) is 0 Å². The zero-order chi connectivity index (χ0) is 12.3. The van der Waals surface area contributed by atoms with Gasteiger partial charge in [-0.3, -0.25) is 4.79 Å². The minimum atomic E-state index is -1.20. The van der Waals surface area contributed by atoms with Gasteiger partial charge in [-0.25, -0.2) is 0 Å². The third-order valence-corrected chi connectivity index (χ3v) is 2.94. The molecular formula is C12H14NO4-. The number of aliphatic carboxylic acids is 1. The molecule has 0 spiro atoms. The number of hydrogen-bond donors (Lipinski definition) is 1. The summed E-state index contributed by atoms with van der Waals surface area (Å²) in [6.07, 6.45) is 4.07. The van der Waals surface area contributed by atoms with Crippen molar-refractivity contribution >= 4 is 11.9 Å². The Labute approximate surface area is 98.8 Å². The van der Waals surface area contributed by atoms with Gasteiger partial charge in [-0.1, -0.05) is 0 Å². The fourth-order valence-electron chi connectivity index (χ4n) is 2.12. The summed E-state index contributed by atoms with van der Waals surface area (Å²) in [5, 5.41) is 13.1. The smallest absolute Gasteiger partial charge is 0.220 e. The molecule has 0 unspecified atom stereocenters. The van der Waals surface area contributed by atoms with Crippen LogP contribution < -0.4 is 10.4 Å². The number of carboxylic acid groups (broad SMARTS) is 1. The van der Waals surface area contributed by atoms with Crippen molar-refractivity contribution in [1.82, 2.24) is 5.32 Å². The lowest BCUT2D eigenvalue weighted by Gasteiger charge is -2.22. The third-order valence-electron chi connectivity index (χ3n) is 2.94. The van der Waals surface area contributed by atoms with Crippen molar-refractivity contribution in [3.8, 4) is 0 Å². The van der Waals surface area contributed by atoms with Gasteiger partial charge in [0.2, 0.25) is 5.91 Å². The number of carboxylic acids is 1. The lowest BCUT2D eigenvalue weighted by atomic mass is 9.93. The van der Waals surface area contributed by atoms with E-state index >= 15 is 0 Å². The van der Waals surface area contributed by atoms with Crippen LogP contribution in [0.2, 0.25) is 0 Å². The molecule has 17 heavy (non-hydrogen) atoms. The van der Waals surface area contributed by atoms with Gasteiger partial charge < -0.3 is 19.6 Å². The second kappa shape index (κ2) is 5.03. The molecule has 5 heteroatoms. The zero-order valence-electron chi connectivity index (χ0n) is 9.40. The molecule has 0 radical (unpaired) electrons. The summed E-state index contributed by atoms with van der Waals surface area (Å²) >= 11 is 0. The van der Waals surface area contributed by atoms with Crippen molar-refractivity contribution in [2.75, 3.05) is 0 Å². The number of carbonyl (C=O) groups excluding carboxylic acids is 2. The van der Waals surface area contributed by atoms with Gasteiger partial charge in [0.25, 0.3) is 0 Å². The predicted molar refractivity (Wildman–Crippen MR) is 56.8 cm³/mol. The van der Waals surface area contributed by atoms with Crippen LogP contribution in [-0.4, -0.2) is 11.9 Å². The van der Waals surface area contributed by atoms with Crippen LogP contribution in [0.1, 0.15) is 43.0 Å². The molecule has 1 aromatic heterocycles. The van der Waals surface area contributed by atoms with Gasteiger partial charge >= 0.3 is 0 Å². The molecule has 1 aliphatic carbocycles. The van der Waals surface area contributed by atoms with Crippen LogP contribution in [-0.2, 0) is 16.0 Å². The van der Waals surface area contributed by atoms with Gasteiger partial charge in [0.05, 0.1) is 12.3 Å². The van der Waals surface area contributed by atoms with Crippen LogP contribution in [0.15, 0.2) is 16.7 Å². The number of nitrogens with one attached hydrogen (secondary N) is 1. The first-order chi connectivity index (χ1) is 8.16. The Morgan fingerprint density at radius 2 is 2.29 bits per heavy atom. The van der Waals surface area contributed by atoms with Crippen molar-refractivity contribution in [2.24, 2.45) is 0 Å². The maximum atomic E-state index is 11.5. The number of rotatable bonds is 4. The minimum Gasteiger partial charge on any atom is -0.550 e. The van der Waals surface area contributed by atoms with Crippen LogP contribution in [0.4, 0.5) is 0 Å². The fourth-order valence-corrected chi connectivity index (χ4v) is 2.12. The van der Waals surface area contributed by atoms with E-state index < -0.39 is 5.97 Å². The molecule has 1 amide bonds. The highest BCUT2D eigenvalue weighted by Crippen LogP contribution is 2.30. The van der Waals surface area contributed by atoms with E-state index in [1.165, 1.54) is 0 Å². The lowest BCUT2D eigenvalue weighted by molar-refractivity contribution is -0.305. The summed E-state index contributed by atoms with van der Waals surface area (Å²) in [6, 6.07) is 1.81. The predicted octanol–water partition coefficient (Wildman–Crippen LogP) is 0.303. The minimum absolute atomic E-state index is 0.0357. The quantitative estimate of drug-likeness (QED) is 0.815. The Kier molecular flexibility index (Phi) is 3.46. The fraction of sp³-hybridized carbons (Fsp3) is 0.500. The molecule has 2 rings (SSSR count). The number of hydrogen-bond acceptors (Lipinski definition) is 4. The Morgan fingerprint density at radius 1 is 1.47 bits per heavy atom. The largest absolute Gasteiger partial charge is 0.550 e. The van der Waals surface area contributed by atoms with E-state index in [-0.39, 0.29) is 24.8 Å². The van der Waals surface area contributed by atoms with Gasteiger partial charge in [0, 0.05) is 24.4 Å². The molecule has 0 bridgehead atoms. The molecule has 1 aliphatic rings. The average Bonchev–Trinajstić information content (AvgIpc) is 2.75. The van der Waals surface area contributed by atoms with Crippen molar-refractivity contribution in [3.63, 3.8) is 0 Å². The monoisotopic (exact) mass is 236 g/mol. The van der Waals surface area contributed by atoms with Crippen LogP contribution in [0.25, 0.3) is 0 Å². The van der Waals surface area contributed by atoms with Crippen LogP contribution >= 0.6 is 0 Å². The van der Waals surface area contributed by atoms with Gasteiger partial charge in [-0.2, -0.15) is 0 Å². The summed E-state index contributed by atoms with van der Waals surface area (Å²) in [7, 11) is 0. The van der Waals surface area contributed by atoms with E-state index in [1.807, 2.05) is 6.07 Å². The Hall–Kier alpha value is -1.78. The Bertz CT molecular complexity index is 424. The average molecular weight is 236 g/mol. The highest BCUT2D eigenvalue weighted by molar-refractivity contribution is 5.80. The highest BCUT2D eigenvalue weighted by Gasteiger charge is 2.23. The van der Waals surface area contributed by atoms with Gasteiger partial charge in [0.15, 0.2) is 0 Å². The molecule has 0 saturated heterocycles. The van der Waals surface area contributed by atoms with E-state index in [4.69, 9.17) is 4.42 Å². The molecule has 0 aliphatic heterocycles. The van der Waals surface area contributed by atoms with E-state index in [0.29, 0.717) is 0 Å². The van der Waals surface area contributed by atoms with Crippen molar-refractivity contribution in [2.45, 2.75) is 38.1 Å². The number of aryl methyl sites for hydroxylation is 1. The third kappa shape index (κ3) is 2.87. The number of furan rings is 1. The standard InChI is InChI=1S/C12H15NO4/c14-11(4-5-12(15)16)13-9-2-1-3-10-8(9)6-7-17-10/h6-7,9H,1-5H2,(H,13,14)(H,15,16)/p-1/t9-/m1/s1. The summed E-state index contributed by atoms with van der Waals surface area (Å²) in [4.78, 5) is 21.8. The summed E-state index contributed by atoms with van der Waals surface area (Å²) < 4.78 is 5.31. The first kappa shape index (κ1) is 11.7. The van der Waals surface area contributed by atoms with Crippen molar-refractivity contribution < 1.29 is 19.1 Å². The second-order valence-corrected chi connectivity index (χ2v) is 4.18. The number of carbonyl (C=O) groups is 2. The second-order valence-electron chi connectivity index (χ2n) is 4.18. The Balaban J connectivity index is 1.92. The molecule has 1 aromatic rings.